The molecule has 1 rings (SSSR count). The molecule has 0 saturated carbocycles. The second-order valence-corrected chi connectivity index (χ2v) is 5.69. The molecule has 0 amide bonds. The van der Waals surface area contributed by atoms with Crippen molar-refractivity contribution in [2.75, 3.05) is 0 Å². The zero-order valence-electron chi connectivity index (χ0n) is 9.04. The molecule has 0 atom stereocenters. The summed E-state index contributed by atoms with van der Waals surface area (Å²) in [7, 11) is -4.19. The zero-order chi connectivity index (χ0) is 11.6. The summed E-state index contributed by atoms with van der Waals surface area (Å²) in [4.78, 5) is 0. The van der Waals surface area contributed by atoms with E-state index in [1.165, 1.54) is 12.8 Å². The number of nitrogens with one attached hydrogen (secondary N) is 1. The van der Waals surface area contributed by atoms with E-state index in [-0.39, 0.29) is 0 Å². The van der Waals surface area contributed by atoms with Crippen molar-refractivity contribution in [1.29, 1.82) is 0 Å². The van der Waals surface area contributed by atoms with Gasteiger partial charge >= 0.3 is 28.9 Å². The summed E-state index contributed by atoms with van der Waals surface area (Å²) >= 11 is 0. The fourth-order valence-electron chi connectivity index (χ4n) is 1.67. The topological polar surface area (TPSA) is 95.8 Å². The van der Waals surface area contributed by atoms with Crippen molar-refractivity contribution in [1.82, 2.24) is 5.32 Å². The molecular weight excluding hydrogens is 210 g/mol. The quantitative estimate of drug-likeness (QED) is 0.430. The Kier molecular flexibility index (Phi) is 4.33. The first-order valence-electron chi connectivity index (χ1n) is 4.37. The standard InChI is InChI=1S/C8H17N.ClH3O4/c1-7(2)5-6-8(3,4)9-7;2-1(3,4)5/h9H,5-6H2,1-4H3;2-4H. The number of hydrogen-bond donors (Lipinski definition) is 4. The van der Waals surface area contributed by atoms with Gasteiger partial charge < -0.3 is 5.32 Å². The Morgan fingerprint density at radius 1 is 1.00 bits per heavy atom. The fraction of sp³-hybridized carbons (Fsp3) is 1.00. The van der Waals surface area contributed by atoms with Gasteiger partial charge in [-0.15, -0.1) is 0 Å². The van der Waals surface area contributed by atoms with E-state index in [4.69, 9.17) is 18.6 Å². The van der Waals surface area contributed by atoms with Crippen molar-refractivity contribution >= 4 is 0 Å². The van der Waals surface area contributed by atoms with E-state index in [2.05, 4.69) is 33.0 Å². The molecule has 4 N–H and O–H groups in total. The molecule has 0 aromatic heterocycles. The van der Waals surface area contributed by atoms with E-state index in [0.29, 0.717) is 11.1 Å². The first-order chi connectivity index (χ1) is 5.91. The van der Waals surface area contributed by atoms with Gasteiger partial charge in [0, 0.05) is 11.1 Å². The fourth-order valence-corrected chi connectivity index (χ4v) is 1.67. The maximum atomic E-state index is 8.83. The third-order valence-corrected chi connectivity index (χ3v) is 2.05. The molecule has 0 aromatic carbocycles. The van der Waals surface area contributed by atoms with Crippen LogP contribution in [0.1, 0.15) is 40.5 Å². The van der Waals surface area contributed by atoms with Gasteiger partial charge in [-0.1, -0.05) is 0 Å². The van der Waals surface area contributed by atoms with Crippen molar-refractivity contribution in [3.63, 3.8) is 0 Å². The molecule has 1 heterocycles. The first kappa shape index (κ1) is 14.1. The normalized spacial score (nSPS) is 25.1. The van der Waals surface area contributed by atoms with Gasteiger partial charge in [0.1, 0.15) is 0 Å². The number of rotatable bonds is 0. The molecule has 0 bridgehead atoms. The molecule has 0 aromatic rings. The van der Waals surface area contributed by atoms with Crippen LogP contribution in [0, 0.1) is 10.2 Å². The number of hydrogen-bond acceptors (Lipinski definition) is 5. The van der Waals surface area contributed by atoms with E-state index >= 15 is 0 Å². The minimum atomic E-state index is -4.19. The molecule has 0 unspecified atom stereocenters. The van der Waals surface area contributed by atoms with Gasteiger partial charge in [0.05, 0.1) is 0 Å². The van der Waals surface area contributed by atoms with E-state index in [0.717, 1.165) is 0 Å². The van der Waals surface area contributed by atoms with E-state index in [1.807, 2.05) is 0 Å². The van der Waals surface area contributed by atoms with Crippen LogP contribution < -0.4 is 9.98 Å². The van der Waals surface area contributed by atoms with E-state index < -0.39 is 10.2 Å². The van der Waals surface area contributed by atoms with Crippen molar-refractivity contribution in [3.05, 3.63) is 0 Å². The minimum absolute atomic E-state index is 0.378. The van der Waals surface area contributed by atoms with Crippen LogP contribution in [0.3, 0.4) is 0 Å². The molecule has 1 fully saturated rings. The van der Waals surface area contributed by atoms with Crippen LogP contribution in [0.5, 0.6) is 0 Å². The van der Waals surface area contributed by atoms with Gasteiger partial charge in [0.2, 0.25) is 0 Å². The molecule has 1 aliphatic heterocycles. The molecule has 6 heteroatoms. The third kappa shape index (κ3) is 8.68. The zero-order valence-corrected chi connectivity index (χ0v) is 9.80. The van der Waals surface area contributed by atoms with Crippen LogP contribution in [0.15, 0.2) is 0 Å². The number of halogens is 1. The van der Waals surface area contributed by atoms with Gasteiger partial charge in [-0.05, 0) is 40.5 Å². The van der Waals surface area contributed by atoms with Crippen LogP contribution in [0.25, 0.3) is 0 Å². The second kappa shape index (κ2) is 4.30. The molecule has 0 spiro atoms. The molecule has 14 heavy (non-hydrogen) atoms. The predicted molar refractivity (Wildman–Crippen MR) is 47.2 cm³/mol. The Morgan fingerprint density at radius 3 is 1.29 bits per heavy atom. The predicted octanol–water partition coefficient (Wildman–Crippen LogP) is -0.933. The first-order valence-corrected chi connectivity index (χ1v) is 5.69. The van der Waals surface area contributed by atoms with Gasteiger partial charge in [0.15, 0.2) is 0 Å². The van der Waals surface area contributed by atoms with Gasteiger partial charge in [-0.25, -0.2) is 0 Å². The summed E-state index contributed by atoms with van der Waals surface area (Å²) < 4.78 is 30.2. The summed E-state index contributed by atoms with van der Waals surface area (Å²) in [5.74, 6) is 0. The van der Waals surface area contributed by atoms with Crippen LogP contribution in [-0.2, 0) is 0 Å². The van der Waals surface area contributed by atoms with Gasteiger partial charge in [0.25, 0.3) is 0 Å². The summed E-state index contributed by atoms with van der Waals surface area (Å²) in [6.45, 7) is 9.06. The average Bonchev–Trinajstić information content (AvgIpc) is 1.99. The van der Waals surface area contributed by atoms with Crippen molar-refractivity contribution in [2.45, 2.75) is 51.6 Å². The van der Waals surface area contributed by atoms with E-state index in [1.54, 1.807) is 0 Å². The monoisotopic (exact) mass is 229 g/mol. The van der Waals surface area contributed by atoms with Gasteiger partial charge in [-0.3, -0.25) is 0 Å². The molecule has 88 valence electrons. The third-order valence-electron chi connectivity index (χ3n) is 2.05. The molecule has 5 nitrogen and oxygen atoms in total. The Morgan fingerprint density at radius 2 is 1.21 bits per heavy atom. The summed E-state index contributed by atoms with van der Waals surface area (Å²) in [5.41, 5.74) is 0.757. The maximum absolute atomic E-state index is 8.83. The second-order valence-electron chi connectivity index (χ2n) is 4.83. The van der Waals surface area contributed by atoms with Gasteiger partial charge in [-0.2, -0.15) is 0 Å². The van der Waals surface area contributed by atoms with E-state index in [9.17, 15) is 0 Å². The molecular formula is C8H20ClNO4. The van der Waals surface area contributed by atoms with Crippen LogP contribution in [0.2, 0.25) is 0 Å². The summed E-state index contributed by atoms with van der Waals surface area (Å²) in [6.07, 6.45) is 2.61. The summed E-state index contributed by atoms with van der Waals surface area (Å²) in [6, 6.07) is 0. The molecule has 0 aliphatic carbocycles. The summed E-state index contributed by atoms with van der Waals surface area (Å²) in [5, 5.41) is 3.57. The van der Waals surface area contributed by atoms with Crippen molar-refractivity contribution < 1.29 is 28.9 Å². The Bertz CT molecular complexity index is 168. The Labute approximate surface area is 86.5 Å². The van der Waals surface area contributed by atoms with Crippen molar-refractivity contribution in [3.8, 4) is 0 Å². The molecule has 1 aliphatic rings. The van der Waals surface area contributed by atoms with Crippen LogP contribution in [-0.4, -0.2) is 25.1 Å². The van der Waals surface area contributed by atoms with Crippen LogP contribution >= 0.6 is 0 Å². The van der Waals surface area contributed by atoms with Crippen molar-refractivity contribution in [2.24, 2.45) is 0 Å². The Balaban J connectivity index is 0.000000292. The molecule has 1 saturated heterocycles. The SMILES string of the molecule is CC1(C)CCC(C)(C)N1.[O-][Cl+](O)(O)O. The molecule has 0 radical (unpaired) electrons. The Hall–Kier alpha value is 0.0900. The van der Waals surface area contributed by atoms with Crippen LogP contribution in [0.4, 0.5) is 0 Å². The average molecular weight is 230 g/mol.